The molecule has 1 atom stereocenters. The van der Waals surface area contributed by atoms with Crippen LogP contribution < -0.4 is 4.90 Å². The van der Waals surface area contributed by atoms with Gasteiger partial charge in [-0.05, 0) is 12.8 Å². The van der Waals surface area contributed by atoms with Gasteiger partial charge in [-0.15, -0.1) is 21.8 Å². The molecule has 0 aliphatic carbocycles. The summed E-state index contributed by atoms with van der Waals surface area (Å²) < 4.78 is 1.90. The summed E-state index contributed by atoms with van der Waals surface area (Å²) >= 11 is 6.11. The molecule has 1 aliphatic heterocycles. The Bertz CT molecular complexity index is 526. The number of nitrogens with zero attached hydrogens (tertiary/aromatic N) is 5. The molecule has 6 heteroatoms. The Hall–Kier alpha value is -1.36. The van der Waals surface area contributed by atoms with Gasteiger partial charge in [0.1, 0.15) is 6.33 Å². The van der Waals surface area contributed by atoms with Gasteiger partial charge in [-0.2, -0.15) is 0 Å². The molecule has 0 N–H and O–H groups in total. The van der Waals surface area contributed by atoms with Gasteiger partial charge in [0.05, 0.1) is 0 Å². The fraction of sp³-hybridized carbons (Fsp3) is 0.583. The number of aromatic nitrogens is 4. The molecule has 96 valence electrons. The van der Waals surface area contributed by atoms with Crippen molar-refractivity contribution in [3.63, 3.8) is 0 Å². The van der Waals surface area contributed by atoms with E-state index < -0.39 is 0 Å². The minimum atomic E-state index is 0.351. The molecule has 2 aromatic heterocycles. The smallest absolute Gasteiger partial charge is 0.203 e. The van der Waals surface area contributed by atoms with Gasteiger partial charge in [-0.1, -0.05) is 12.8 Å². The first-order valence-electron chi connectivity index (χ1n) is 6.37. The van der Waals surface area contributed by atoms with Crippen LogP contribution in [0.15, 0.2) is 18.7 Å². The molecule has 1 saturated heterocycles. The van der Waals surface area contributed by atoms with E-state index in [0.717, 1.165) is 24.4 Å². The molecule has 0 amide bonds. The summed E-state index contributed by atoms with van der Waals surface area (Å²) in [6.45, 7) is 0.997. The molecule has 0 saturated carbocycles. The summed E-state index contributed by atoms with van der Waals surface area (Å²) in [6.07, 6.45) is 10.2. The van der Waals surface area contributed by atoms with Gasteiger partial charge in [-0.3, -0.25) is 4.40 Å². The van der Waals surface area contributed by atoms with Gasteiger partial charge in [0, 0.05) is 30.9 Å². The van der Waals surface area contributed by atoms with Crippen molar-refractivity contribution >= 4 is 23.1 Å². The molecule has 1 fully saturated rings. The van der Waals surface area contributed by atoms with Crippen molar-refractivity contribution in [3.05, 3.63) is 18.7 Å². The van der Waals surface area contributed by atoms with Crippen LogP contribution >= 0.6 is 11.6 Å². The predicted octanol–water partition coefficient (Wildman–Crippen LogP) is 2.11. The third-order valence-corrected chi connectivity index (χ3v) is 3.88. The fourth-order valence-electron chi connectivity index (χ4n) is 2.56. The number of anilines is 1. The maximum Gasteiger partial charge on any atom is 0.203 e. The first-order chi connectivity index (χ1) is 8.90. The van der Waals surface area contributed by atoms with Crippen LogP contribution in [0.3, 0.4) is 0 Å². The van der Waals surface area contributed by atoms with Gasteiger partial charge in [0.2, 0.25) is 5.65 Å². The quantitative estimate of drug-likeness (QED) is 0.781. The molecule has 18 heavy (non-hydrogen) atoms. The van der Waals surface area contributed by atoms with Gasteiger partial charge < -0.3 is 4.90 Å². The van der Waals surface area contributed by atoms with Crippen molar-refractivity contribution in [1.29, 1.82) is 0 Å². The molecule has 0 spiro atoms. The van der Waals surface area contributed by atoms with Crippen LogP contribution in [0, 0.1) is 0 Å². The van der Waals surface area contributed by atoms with E-state index in [4.69, 9.17) is 11.6 Å². The van der Waals surface area contributed by atoms with Crippen LogP contribution in [0.2, 0.25) is 0 Å². The summed E-state index contributed by atoms with van der Waals surface area (Å²) in [5, 5.41) is 8.10. The summed E-state index contributed by atoms with van der Waals surface area (Å²) in [4.78, 5) is 6.78. The van der Waals surface area contributed by atoms with E-state index in [2.05, 4.69) is 20.1 Å². The zero-order chi connectivity index (χ0) is 12.4. The van der Waals surface area contributed by atoms with Crippen molar-refractivity contribution in [1.82, 2.24) is 19.6 Å². The lowest BCUT2D eigenvalue weighted by Gasteiger charge is -2.29. The van der Waals surface area contributed by atoms with Crippen LogP contribution in [0.4, 0.5) is 5.82 Å². The van der Waals surface area contributed by atoms with E-state index in [1.165, 1.54) is 19.3 Å². The summed E-state index contributed by atoms with van der Waals surface area (Å²) in [5.41, 5.74) is 0.814. The van der Waals surface area contributed by atoms with Crippen LogP contribution in [0.25, 0.3) is 5.65 Å². The number of hydrogen-bond acceptors (Lipinski definition) is 4. The highest BCUT2D eigenvalue weighted by Gasteiger charge is 2.23. The Morgan fingerprint density at radius 2 is 2.28 bits per heavy atom. The predicted molar refractivity (Wildman–Crippen MR) is 71.1 cm³/mol. The monoisotopic (exact) mass is 265 g/mol. The van der Waals surface area contributed by atoms with E-state index >= 15 is 0 Å². The highest BCUT2D eigenvalue weighted by molar-refractivity contribution is 6.18. The highest BCUT2D eigenvalue weighted by Crippen LogP contribution is 2.25. The Kier molecular flexibility index (Phi) is 3.32. The third kappa shape index (κ3) is 2.03. The number of hydrogen-bond donors (Lipinski definition) is 0. The molecule has 3 rings (SSSR count). The Morgan fingerprint density at radius 3 is 3.17 bits per heavy atom. The van der Waals surface area contributed by atoms with E-state index in [-0.39, 0.29) is 0 Å². The standard InChI is InChI=1S/C12H16ClN5/c13-8-10-4-2-1-3-6-18(10)11-12-16-15-9-17(12)7-5-14-11/h5,7,9-10H,1-4,6,8H2. The minimum absolute atomic E-state index is 0.351. The van der Waals surface area contributed by atoms with Crippen molar-refractivity contribution in [2.75, 3.05) is 17.3 Å². The largest absolute Gasteiger partial charge is 0.349 e. The molecule has 0 radical (unpaired) electrons. The lowest BCUT2D eigenvalue weighted by atomic mass is 10.1. The number of fused-ring (bicyclic) bond motifs is 1. The first-order valence-corrected chi connectivity index (χ1v) is 6.90. The molecule has 0 bridgehead atoms. The summed E-state index contributed by atoms with van der Waals surface area (Å²) in [7, 11) is 0. The Morgan fingerprint density at radius 1 is 1.33 bits per heavy atom. The van der Waals surface area contributed by atoms with E-state index in [1.54, 1.807) is 12.5 Å². The maximum absolute atomic E-state index is 6.11. The van der Waals surface area contributed by atoms with E-state index in [1.807, 2.05) is 10.6 Å². The second kappa shape index (κ2) is 5.10. The summed E-state index contributed by atoms with van der Waals surface area (Å²) in [5.74, 6) is 1.54. The average molecular weight is 266 g/mol. The van der Waals surface area contributed by atoms with Gasteiger partial charge in [0.25, 0.3) is 0 Å². The molecule has 5 nitrogen and oxygen atoms in total. The van der Waals surface area contributed by atoms with E-state index in [0.29, 0.717) is 11.9 Å². The Balaban J connectivity index is 2.02. The molecule has 0 aromatic carbocycles. The molecular formula is C12H16ClN5. The van der Waals surface area contributed by atoms with Gasteiger partial charge >= 0.3 is 0 Å². The second-order valence-electron chi connectivity index (χ2n) is 4.66. The SMILES string of the molecule is ClCC1CCCCCN1c1nccn2cnnc12. The van der Waals surface area contributed by atoms with Crippen LogP contribution in [0.1, 0.15) is 25.7 Å². The van der Waals surface area contributed by atoms with Crippen molar-refractivity contribution < 1.29 is 0 Å². The zero-order valence-electron chi connectivity index (χ0n) is 10.2. The molecule has 3 heterocycles. The summed E-state index contributed by atoms with van der Waals surface area (Å²) in [6, 6.07) is 0.351. The number of alkyl halides is 1. The van der Waals surface area contributed by atoms with Crippen LogP contribution in [-0.2, 0) is 0 Å². The van der Waals surface area contributed by atoms with Gasteiger partial charge in [0.15, 0.2) is 5.82 Å². The molecule has 2 aromatic rings. The lowest BCUT2D eigenvalue weighted by molar-refractivity contribution is 0.616. The second-order valence-corrected chi connectivity index (χ2v) is 4.97. The Labute approximate surface area is 111 Å². The van der Waals surface area contributed by atoms with Gasteiger partial charge in [-0.25, -0.2) is 4.98 Å². The minimum Gasteiger partial charge on any atom is -0.349 e. The normalized spacial score (nSPS) is 21.2. The first kappa shape index (κ1) is 11.7. The number of rotatable bonds is 2. The molecular weight excluding hydrogens is 250 g/mol. The maximum atomic E-state index is 6.11. The number of halogens is 1. The van der Waals surface area contributed by atoms with Crippen LogP contribution in [-0.4, -0.2) is 38.0 Å². The average Bonchev–Trinajstić information content (AvgIpc) is 2.76. The van der Waals surface area contributed by atoms with Crippen LogP contribution in [0.5, 0.6) is 0 Å². The van der Waals surface area contributed by atoms with E-state index in [9.17, 15) is 0 Å². The van der Waals surface area contributed by atoms with Crippen molar-refractivity contribution in [2.45, 2.75) is 31.7 Å². The third-order valence-electron chi connectivity index (χ3n) is 3.52. The van der Waals surface area contributed by atoms with Crippen molar-refractivity contribution in [3.8, 4) is 0 Å². The zero-order valence-corrected chi connectivity index (χ0v) is 10.9. The topological polar surface area (TPSA) is 46.3 Å². The highest BCUT2D eigenvalue weighted by atomic mass is 35.5. The fourth-order valence-corrected chi connectivity index (χ4v) is 2.89. The van der Waals surface area contributed by atoms with Crippen molar-refractivity contribution in [2.24, 2.45) is 0 Å². The molecule has 1 aliphatic rings. The lowest BCUT2D eigenvalue weighted by Crippen LogP contribution is -2.37. The molecule has 1 unspecified atom stereocenters.